The van der Waals surface area contributed by atoms with Gasteiger partial charge in [0.25, 0.3) is 5.69 Å². The van der Waals surface area contributed by atoms with Gasteiger partial charge in [-0.2, -0.15) is 0 Å². The van der Waals surface area contributed by atoms with Gasteiger partial charge in [0, 0.05) is 51.1 Å². The molecule has 2 aliphatic rings. The lowest BCUT2D eigenvalue weighted by molar-refractivity contribution is -0.384. The van der Waals surface area contributed by atoms with Crippen LogP contribution in [-0.4, -0.2) is 59.3 Å². The molecule has 8 heteroatoms. The Kier molecular flexibility index (Phi) is 6.26. The standard InChI is InChI=1S/C19H26N4O4/c24-18(9-10-20-16-7-3-4-8-17(16)23(26)27)21-11-13-22(14-12-21)19(25)15-5-1-2-6-15/h3-4,7-8,15,20H,1-2,5-6,9-14H2. The van der Waals surface area contributed by atoms with E-state index in [2.05, 4.69) is 5.32 Å². The van der Waals surface area contributed by atoms with Crippen molar-refractivity contribution in [1.82, 2.24) is 9.80 Å². The van der Waals surface area contributed by atoms with Gasteiger partial charge in [0.1, 0.15) is 5.69 Å². The molecular weight excluding hydrogens is 348 g/mol. The zero-order chi connectivity index (χ0) is 19.2. The Hall–Kier alpha value is -2.64. The van der Waals surface area contributed by atoms with Crippen LogP contribution in [0.5, 0.6) is 0 Å². The van der Waals surface area contributed by atoms with E-state index in [0.29, 0.717) is 38.4 Å². The Balaban J connectivity index is 1.42. The largest absolute Gasteiger partial charge is 0.379 e. The molecule has 1 N–H and O–H groups in total. The van der Waals surface area contributed by atoms with Crippen LogP contribution in [0.2, 0.25) is 0 Å². The quantitative estimate of drug-likeness (QED) is 0.609. The molecule has 8 nitrogen and oxygen atoms in total. The highest BCUT2D eigenvalue weighted by molar-refractivity contribution is 5.80. The monoisotopic (exact) mass is 374 g/mol. The second-order valence-electron chi connectivity index (χ2n) is 7.14. The normalized spacial score (nSPS) is 17.8. The third-order valence-corrected chi connectivity index (χ3v) is 5.40. The summed E-state index contributed by atoms with van der Waals surface area (Å²) in [6, 6.07) is 6.40. The van der Waals surface area contributed by atoms with Crippen LogP contribution in [0.3, 0.4) is 0 Å². The van der Waals surface area contributed by atoms with E-state index in [9.17, 15) is 19.7 Å². The van der Waals surface area contributed by atoms with Crippen molar-refractivity contribution in [2.75, 3.05) is 38.0 Å². The average Bonchev–Trinajstić information content (AvgIpc) is 3.22. The SMILES string of the molecule is O=C(CCNc1ccccc1[N+](=O)[O-])N1CCN(C(=O)C2CCCC2)CC1. The van der Waals surface area contributed by atoms with E-state index in [1.54, 1.807) is 23.1 Å². The number of para-hydroxylation sites is 2. The molecule has 1 saturated heterocycles. The Morgan fingerprint density at radius 1 is 1.07 bits per heavy atom. The third kappa shape index (κ3) is 4.75. The van der Waals surface area contributed by atoms with Crippen LogP contribution in [0.4, 0.5) is 11.4 Å². The minimum atomic E-state index is -0.440. The molecule has 2 amide bonds. The van der Waals surface area contributed by atoms with Gasteiger partial charge in [-0.15, -0.1) is 0 Å². The Bertz CT molecular complexity index is 695. The predicted molar refractivity (Wildman–Crippen MR) is 101 cm³/mol. The fourth-order valence-corrected chi connectivity index (χ4v) is 3.85. The smallest absolute Gasteiger partial charge is 0.292 e. The molecule has 0 unspecified atom stereocenters. The molecule has 0 spiro atoms. The van der Waals surface area contributed by atoms with E-state index < -0.39 is 4.92 Å². The number of amides is 2. The lowest BCUT2D eigenvalue weighted by atomic mass is 10.1. The summed E-state index contributed by atoms with van der Waals surface area (Å²) in [5.41, 5.74) is 0.422. The topological polar surface area (TPSA) is 95.8 Å². The Labute approximate surface area is 158 Å². The summed E-state index contributed by atoms with van der Waals surface area (Å²) in [7, 11) is 0. The number of piperazine rings is 1. The van der Waals surface area contributed by atoms with Gasteiger partial charge in [-0.1, -0.05) is 25.0 Å². The first-order chi connectivity index (χ1) is 13.1. The van der Waals surface area contributed by atoms with Crippen molar-refractivity contribution in [3.05, 3.63) is 34.4 Å². The number of carbonyl (C=O) groups excluding carboxylic acids is 2. The van der Waals surface area contributed by atoms with Crippen LogP contribution >= 0.6 is 0 Å². The molecule has 3 rings (SSSR count). The molecule has 0 bridgehead atoms. The maximum atomic E-state index is 12.5. The van der Waals surface area contributed by atoms with Crippen molar-refractivity contribution in [3.63, 3.8) is 0 Å². The maximum Gasteiger partial charge on any atom is 0.292 e. The second-order valence-corrected chi connectivity index (χ2v) is 7.14. The van der Waals surface area contributed by atoms with Gasteiger partial charge in [0.05, 0.1) is 4.92 Å². The summed E-state index contributed by atoms with van der Waals surface area (Å²) in [4.78, 5) is 39.1. The van der Waals surface area contributed by atoms with Crippen molar-refractivity contribution in [2.24, 2.45) is 5.92 Å². The fourth-order valence-electron chi connectivity index (χ4n) is 3.85. The first-order valence-electron chi connectivity index (χ1n) is 9.60. The summed E-state index contributed by atoms with van der Waals surface area (Å²) >= 11 is 0. The van der Waals surface area contributed by atoms with E-state index in [0.717, 1.165) is 25.7 Å². The molecule has 27 heavy (non-hydrogen) atoms. The number of hydrogen-bond donors (Lipinski definition) is 1. The molecule has 0 atom stereocenters. The van der Waals surface area contributed by atoms with Crippen molar-refractivity contribution in [3.8, 4) is 0 Å². The van der Waals surface area contributed by atoms with Crippen LogP contribution in [-0.2, 0) is 9.59 Å². The number of nitro groups is 1. The number of anilines is 1. The zero-order valence-corrected chi connectivity index (χ0v) is 15.4. The van der Waals surface area contributed by atoms with Crippen LogP contribution in [0, 0.1) is 16.0 Å². The minimum absolute atomic E-state index is 0.00369. The molecule has 1 aliphatic carbocycles. The zero-order valence-electron chi connectivity index (χ0n) is 15.4. The third-order valence-electron chi connectivity index (χ3n) is 5.40. The second kappa shape index (κ2) is 8.83. The lowest BCUT2D eigenvalue weighted by Crippen LogP contribution is -2.52. The van der Waals surface area contributed by atoms with E-state index in [1.165, 1.54) is 6.07 Å². The molecule has 1 aromatic carbocycles. The molecule has 146 valence electrons. The molecule has 0 radical (unpaired) electrons. The highest BCUT2D eigenvalue weighted by Gasteiger charge is 2.30. The minimum Gasteiger partial charge on any atom is -0.379 e. The number of benzene rings is 1. The van der Waals surface area contributed by atoms with Crippen molar-refractivity contribution < 1.29 is 14.5 Å². The van der Waals surface area contributed by atoms with Gasteiger partial charge < -0.3 is 15.1 Å². The van der Waals surface area contributed by atoms with Crippen LogP contribution in [0.1, 0.15) is 32.1 Å². The highest BCUT2D eigenvalue weighted by Crippen LogP contribution is 2.27. The summed E-state index contributed by atoms with van der Waals surface area (Å²) in [6.07, 6.45) is 4.54. The molecule has 1 aliphatic heterocycles. The first kappa shape index (κ1) is 19.1. The van der Waals surface area contributed by atoms with Crippen LogP contribution in [0.25, 0.3) is 0 Å². The maximum absolute atomic E-state index is 12.5. The van der Waals surface area contributed by atoms with Crippen molar-refractivity contribution in [2.45, 2.75) is 32.1 Å². The van der Waals surface area contributed by atoms with Gasteiger partial charge >= 0.3 is 0 Å². The number of rotatable bonds is 6. The van der Waals surface area contributed by atoms with E-state index in [1.807, 2.05) is 4.90 Å². The van der Waals surface area contributed by atoms with Crippen LogP contribution in [0.15, 0.2) is 24.3 Å². The van der Waals surface area contributed by atoms with E-state index >= 15 is 0 Å². The fraction of sp³-hybridized carbons (Fsp3) is 0.579. The number of nitro benzene ring substituents is 1. The van der Waals surface area contributed by atoms with Gasteiger partial charge in [-0.25, -0.2) is 0 Å². The molecular formula is C19H26N4O4. The number of carbonyl (C=O) groups is 2. The molecule has 1 aromatic rings. The van der Waals surface area contributed by atoms with E-state index in [-0.39, 0.29) is 29.8 Å². The van der Waals surface area contributed by atoms with Gasteiger partial charge in [-0.05, 0) is 18.9 Å². The summed E-state index contributed by atoms with van der Waals surface area (Å²) in [5, 5.41) is 14.0. The number of hydrogen-bond acceptors (Lipinski definition) is 5. The lowest BCUT2D eigenvalue weighted by Gasteiger charge is -2.36. The molecule has 1 heterocycles. The number of nitrogens with zero attached hydrogens (tertiary/aromatic N) is 3. The van der Waals surface area contributed by atoms with Crippen molar-refractivity contribution >= 4 is 23.2 Å². The van der Waals surface area contributed by atoms with Gasteiger partial charge in [0.15, 0.2) is 0 Å². The predicted octanol–water partition coefficient (Wildman–Crippen LogP) is 2.26. The van der Waals surface area contributed by atoms with Crippen LogP contribution < -0.4 is 5.32 Å². The summed E-state index contributed by atoms with van der Waals surface area (Å²) in [5.74, 6) is 0.435. The van der Waals surface area contributed by atoms with Crippen molar-refractivity contribution in [1.29, 1.82) is 0 Å². The highest BCUT2D eigenvalue weighted by atomic mass is 16.6. The average molecular weight is 374 g/mol. The van der Waals surface area contributed by atoms with Gasteiger partial charge in [-0.3, -0.25) is 19.7 Å². The Morgan fingerprint density at radius 2 is 1.70 bits per heavy atom. The molecule has 2 fully saturated rings. The number of nitrogens with one attached hydrogen (secondary N) is 1. The first-order valence-corrected chi connectivity index (χ1v) is 9.60. The van der Waals surface area contributed by atoms with Gasteiger partial charge in [0.2, 0.25) is 11.8 Å². The molecule has 1 saturated carbocycles. The molecule has 0 aromatic heterocycles. The van der Waals surface area contributed by atoms with E-state index in [4.69, 9.17) is 0 Å². The summed E-state index contributed by atoms with van der Waals surface area (Å²) < 4.78 is 0. The summed E-state index contributed by atoms with van der Waals surface area (Å²) in [6.45, 7) is 2.65. The Morgan fingerprint density at radius 3 is 2.37 bits per heavy atom.